The summed E-state index contributed by atoms with van der Waals surface area (Å²) in [6.07, 6.45) is 7.86. The van der Waals surface area contributed by atoms with Gasteiger partial charge in [0.1, 0.15) is 11.4 Å². The fraction of sp³-hybridized carbons (Fsp3) is 0.529. The van der Waals surface area contributed by atoms with E-state index in [9.17, 15) is 9.36 Å². The van der Waals surface area contributed by atoms with Crippen molar-refractivity contribution in [2.24, 2.45) is 0 Å². The van der Waals surface area contributed by atoms with Crippen molar-refractivity contribution in [1.29, 1.82) is 0 Å². The predicted molar refractivity (Wildman–Crippen MR) is 93.2 cm³/mol. The summed E-state index contributed by atoms with van der Waals surface area (Å²) in [4.78, 5) is 15.8. The van der Waals surface area contributed by atoms with Crippen molar-refractivity contribution >= 4 is 26.4 Å². The van der Waals surface area contributed by atoms with Gasteiger partial charge in [0.15, 0.2) is 5.78 Å². The molecule has 1 N–H and O–H groups in total. The van der Waals surface area contributed by atoms with E-state index >= 15 is 0 Å². The molecule has 1 aromatic heterocycles. The van der Waals surface area contributed by atoms with Crippen LogP contribution in [0.1, 0.15) is 38.2 Å². The Morgan fingerprint density at radius 1 is 1.46 bits per heavy atom. The molecule has 0 radical (unpaired) electrons. The second-order valence-electron chi connectivity index (χ2n) is 5.84. The van der Waals surface area contributed by atoms with Gasteiger partial charge in [-0.2, -0.15) is 0 Å². The molecule has 0 amide bonds. The topological polar surface area (TPSA) is 77.5 Å². The number of carbonyl (C=O) groups is 1. The van der Waals surface area contributed by atoms with Crippen molar-refractivity contribution in [3.8, 4) is 0 Å². The summed E-state index contributed by atoms with van der Waals surface area (Å²) < 4.78 is 21.6. The zero-order valence-electron chi connectivity index (χ0n) is 13.9. The largest absolute Gasteiger partial charge is 0.381 e. The third-order valence-corrected chi connectivity index (χ3v) is 4.43. The molecule has 0 atom stereocenters. The van der Waals surface area contributed by atoms with E-state index in [2.05, 4.69) is 10.3 Å². The molecule has 0 unspecified atom stereocenters. The molecule has 0 bridgehead atoms. The lowest BCUT2D eigenvalue weighted by atomic mass is 9.94. The van der Waals surface area contributed by atoms with E-state index in [0.29, 0.717) is 44.8 Å². The molecule has 1 aromatic rings. The molecule has 2 rings (SSSR count). The van der Waals surface area contributed by atoms with Gasteiger partial charge in [-0.15, -0.1) is 0 Å². The highest BCUT2D eigenvalue weighted by atomic mass is 31.1. The number of ether oxygens (including phenoxy) is 1. The third kappa shape index (κ3) is 5.78. The predicted octanol–water partition coefficient (Wildman–Crippen LogP) is 3.65. The minimum Gasteiger partial charge on any atom is -0.381 e. The smallest absolute Gasteiger partial charge is 0.327 e. The Hall–Kier alpha value is -1.62. The number of anilines is 1. The van der Waals surface area contributed by atoms with E-state index in [1.807, 2.05) is 19.1 Å². The number of nitrogens with zero attached hydrogens (tertiary/aromatic N) is 1. The number of aromatic nitrogens is 1. The van der Waals surface area contributed by atoms with E-state index < -0.39 is 5.60 Å². The van der Waals surface area contributed by atoms with Gasteiger partial charge in [0, 0.05) is 45.2 Å². The number of pyridine rings is 1. The molecule has 24 heavy (non-hydrogen) atoms. The molecule has 130 valence electrons. The minimum absolute atomic E-state index is 0.120. The average molecular weight is 350 g/mol. The van der Waals surface area contributed by atoms with Crippen LogP contribution in [-0.2, 0) is 18.6 Å². The zero-order valence-corrected chi connectivity index (χ0v) is 14.8. The average Bonchev–Trinajstić information content (AvgIpc) is 2.60. The van der Waals surface area contributed by atoms with Gasteiger partial charge in [-0.1, -0.05) is 6.92 Å². The molecule has 6 nitrogen and oxygen atoms in total. The van der Waals surface area contributed by atoms with Crippen LogP contribution in [-0.4, -0.2) is 36.1 Å². The van der Waals surface area contributed by atoms with Crippen molar-refractivity contribution in [3.05, 3.63) is 30.0 Å². The maximum atomic E-state index is 11.5. The van der Waals surface area contributed by atoms with Gasteiger partial charge < -0.3 is 10.1 Å². The molecule has 0 spiro atoms. The molecule has 1 aliphatic rings. The van der Waals surface area contributed by atoms with Crippen LogP contribution < -0.4 is 5.32 Å². The van der Waals surface area contributed by atoms with Gasteiger partial charge in [0.25, 0.3) is 0 Å². The number of hydrogen-bond acceptors (Lipinski definition) is 6. The summed E-state index contributed by atoms with van der Waals surface area (Å²) in [7, 11) is -0.317. The summed E-state index contributed by atoms with van der Waals surface area (Å²) in [5.41, 5.74) is 0.383. The molecule has 1 aliphatic heterocycles. The number of carbonyl (C=O) groups excluding carboxylic acids is 1. The minimum atomic E-state index is -0.492. The Bertz CT molecular complexity index is 568. The highest BCUT2D eigenvalue weighted by Gasteiger charge is 2.34. The number of allylic oxidation sites excluding steroid dienone is 1. The first-order valence-electron chi connectivity index (χ1n) is 8.17. The van der Waals surface area contributed by atoms with E-state index in [1.54, 1.807) is 18.3 Å². The van der Waals surface area contributed by atoms with E-state index in [0.717, 1.165) is 12.0 Å². The molecule has 2 heterocycles. The van der Waals surface area contributed by atoms with Crippen LogP contribution in [0.15, 0.2) is 24.4 Å². The summed E-state index contributed by atoms with van der Waals surface area (Å²) in [6.45, 7) is 3.69. The summed E-state index contributed by atoms with van der Waals surface area (Å²) >= 11 is 0. The number of ketones is 1. The first-order valence-corrected chi connectivity index (χ1v) is 8.90. The Morgan fingerprint density at radius 2 is 2.25 bits per heavy atom. The van der Waals surface area contributed by atoms with Crippen molar-refractivity contribution in [1.82, 2.24) is 4.98 Å². The number of nitrogens with one attached hydrogen (secondary N) is 1. The molecule has 0 aromatic carbocycles. The van der Waals surface area contributed by atoms with Crippen LogP contribution in [0.3, 0.4) is 0 Å². The maximum absolute atomic E-state index is 11.5. The normalized spacial score (nSPS) is 17.2. The van der Waals surface area contributed by atoms with Gasteiger partial charge in [-0.3, -0.25) is 9.32 Å². The number of hydrogen-bond donors (Lipinski definition) is 1. The second kappa shape index (κ2) is 9.62. The fourth-order valence-electron chi connectivity index (χ4n) is 2.50. The van der Waals surface area contributed by atoms with Gasteiger partial charge in [0.05, 0.1) is 0 Å². The first kappa shape index (κ1) is 18.7. The summed E-state index contributed by atoms with van der Waals surface area (Å²) in [6, 6.07) is 3.75. The lowest BCUT2D eigenvalue weighted by Crippen LogP contribution is -2.43. The van der Waals surface area contributed by atoms with Gasteiger partial charge in [0.2, 0.25) is 0 Å². The second-order valence-corrected chi connectivity index (χ2v) is 6.17. The standard InChI is InChI=1S/C17H23N2O4P/c1-2-3-15(20)6-4-14-5-7-16(18-12-14)19-13-17(23-24-21)8-10-22-11-9-17/h4-7,12H,2-3,8-11,13H2,1H3,(H,18,19)/b6-4+. The van der Waals surface area contributed by atoms with E-state index in [4.69, 9.17) is 9.26 Å². The summed E-state index contributed by atoms with van der Waals surface area (Å²) in [5, 5.41) is 3.23. The quantitative estimate of drug-likeness (QED) is 0.541. The Balaban J connectivity index is 1.91. The SMILES string of the molecule is CCCC(=O)/C=C/c1ccc(NCC2(OP=O)CCOCC2)nc1. The lowest BCUT2D eigenvalue weighted by molar-refractivity contribution is -0.114. The van der Waals surface area contributed by atoms with Crippen LogP contribution in [0.4, 0.5) is 5.82 Å². The Labute approximate surface area is 143 Å². The van der Waals surface area contributed by atoms with Gasteiger partial charge >= 0.3 is 8.69 Å². The van der Waals surface area contributed by atoms with Crippen LogP contribution in [0.25, 0.3) is 6.08 Å². The molecule has 0 aliphatic carbocycles. The fourth-order valence-corrected chi connectivity index (χ4v) is 2.91. The van der Waals surface area contributed by atoms with Gasteiger partial charge in [-0.25, -0.2) is 9.55 Å². The Kier molecular flexibility index (Phi) is 7.50. The number of rotatable bonds is 9. The van der Waals surface area contributed by atoms with Crippen molar-refractivity contribution in [2.75, 3.05) is 25.1 Å². The first-order chi connectivity index (χ1) is 11.7. The van der Waals surface area contributed by atoms with Crippen LogP contribution in [0, 0.1) is 0 Å². The van der Waals surface area contributed by atoms with Crippen LogP contribution in [0.2, 0.25) is 0 Å². The molecule has 0 saturated carbocycles. The monoisotopic (exact) mass is 350 g/mol. The molecular weight excluding hydrogens is 327 g/mol. The van der Waals surface area contributed by atoms with Crippen molar-refractivity contribution < 1.29 is 18.6 Å². The maximum Gasteiger partial charge on any atom is 0.327 e. The highest BCUT2D eigenvalue weighted by molar-refractivity contribution is 7.17. The molecule has 1 saturated heterocycles. The molecule has 1 fully saturated rings. The molecule has 7 heteroatoms. The Morgan fingerprint density at radius 3 is 2.88 bits per heavy atom. The third-order valence-electron chi connectivity index (χ3n) is 3.97. The van der Waals surface area contributed by atoms with E-state index in [-0.39, 0.29) is 14.5 Å². The highest BCUT2D eigenvalue weighted by Crippen LogP contribution is 2.29. The van der Waals surface area contributed by atoms with Crippen molar-refractivity contribution in [3.63, 3.8) is 0 Å². The van der Waals surface area contributed by atoms with Crippen molar-refractivity contribution in [2.45, 2.75) is 38.2 Å². The zero-order chi connectivity index (χ0) is 17.3. The van der Waals surface area contributed by atoms with Gasteiger partial charge in [-0.05, 0) is 36.3 Å². The van der Waals surface area contributed by atoms with Crippen LogP contribution >= 0.6 is 8.69 Å². The molecular formula is C17H23N2O4P. The van der Waals surface area contributed by atoms with E-state index in [1.165, 1.54) is 0 Å². The summed E-state index contributed by atoms with van der Waals surface area (Å²) in [5.74, 6) is 0.833. The lowest BCUT2D eigenvalue weighted by Gasteiger charge is -2.34. The van der Waals surface area contributed by atoms with Crippen LogP contribution in [0.5, 0.6) is 0 Å².